The van der Waals surface area contributed by atoms with Crippen molar-refractivity contribution in [3.05, 3.63) is 49.7 Å². The zero-order valence-corrected chi connectivity index (χ0v) is 18.1. The second-order valence-electron chi connectivity index (χ2n) is 8.00. The minimum atomic E-state index is 0.726. The van der Waals surface area contributed by atoms with Gasteiger partial charge in [-0.2, -0.15) is 0 Å². The molecule has 4 heterocycles. The number of nitrogens with one attached hydrogen (secondary N) is 1. The molecule has 0 aromatic carbocycles. The van der Waals surface area contributed by atoms with E-state index < -0.39 is 0 Å². The number of fused-ring (bicyclic) bond motifs is 1. The Morgan fingerprint density at radius 2 is 1.55 bits per heavy atom. The van der Waals surface area contributed by atoms with E-state index in [2.05, 4.69) is 45.3 Å². The van der Waals surface area contributed by atoms with Gasteiger partial charge in [0, 0.05) is 77.1 Å². The van der Waals surface area contributed by atoms with Crippen LogP contribution in [0.3, 0.4) is 0 Å². The average molecular weight is 424 g/mol. The molecule has 0 bridgehead atoms. The number of aromatic nitrogens is 5. The number of nitrogens with two attached hydrogens (primary N) is 1. The molecule has 0 radical (unpaired) electrons. The Hall–Kier alpha value is -3.07. The highest BCUT2D eigenvalue weighted by atomic mass is 15.3. The molecule has 3 aromatic rings. The van der Waals surface area contributed by atoms with Gasteiger partial charge in [-0.3, -0.25) is 0 Å². The predicted molar refractivity (Wildman–Crippen MR) is 124 cm³/mol. The van der Waals surface area contributed by atoms with Crippen molar-refractivity contribution in [2.75, 3.05) is 54.8 Å². The lowest BCUT2D eigenvalue weighted by atomic mass is 10.2. The van der Waals surface area contributed by atoms with E-state index in [0.29, 0.717) is 0 Å². The van der Waals surface area contributed by atoms with Crippen LogP contribution in [0.5, 0.6) is 0 Å². The first-order valence-corrected chi connectivity index (χ1v) is 11.2. The number of nitrogens with zero attached hydrogens (tertiary/aromatic N) is 7. The molecule has 0 saturated heterocycles. The zero-order valence-electron chi connectivity index (χ0n) is 18.1. The van der Waals surface area contributed by atoms with Gasteiger partial charge >= 0.3 is 0 Å². The Balaban J connectivity index is 1.23. The summed E-state index contributed by atoms with van der Waals surface area (Å²) in [5, 5.41) is 3.52. The molecule has 0 aliphatic carbocycles. The lowest BCUT2D eigenvalue weighted by molar-refractivity contribution is 0.566. The van der Waals surface area contributed by atoms with E-state index in [1.54, 1.807) is 6.20 Å². The van der Waals surface area contributed by atoms with E-state index in [9.17, 15) is 0 Å². The average Bonchev–Trinajstić information content (AvgIpc) is 3.48. The van der Waals surface area contributed by atoms with Gasteiger partial charge < -0.3 is 30.0 Å². The maximum Gasteiger partial charge on any atom is 0.152 e. The van der Waals surface area contributed by atoms with Gasteiger partial charge in [0.15, 0.2) is 5.82 Å². The number of pyridine rings is 1. The first-order valence-electron chi connectivity index (χ1n) is 11.2. The lowest BCUT2D eigenvalue weighted by Gasteiger charge is -2.38. The second kappa shape index (κ2) is 10.8. The first-order chi connectivity index (χ1) is 15.3. The summed E-state index contributed by atoms with van der Waals surface area (Å²) >= 11 is 0. The third-order valence-electron chi connectivity index (χ3n) is 5.72. The normalized spacial score (nSPS) is 13.5. The molecule has 0 spiro atoms. The van der Waals surface area contributed by atoms with Crippen molar-refractivity contribution in [1.82, 2.24) is 29.4 Å². The number of aryl methyl sites for hydroxylation is 1. The molecule has 0 atom stereocenters. The van der Waals surface area contributed by atoms with Crippen molar-refractivity contribution in [1.29, 1.82) is 0 Å². The molecular formula is C22H33N9. The van der Waals surface area contributed by atoms with Crippen LogP contribution in [0.4, 0.5) is 17.2 Å². The van der Waals surface area contributed by atoms with Crippen LogP contribution < -0.4 is 20.9 Å². The third kappa shape index (κ3) is 5.97. The quantitative estimate of drug-likeness (QED) is 0.429. The molecule has 1 aliphatic heterocycles. The molecule has 166 valence electrons. The van der Waals surface area contributed by atoms with Crippen LogP contribution in [0.15, 0.2) is 49.7 Å². The summed E-state index contributed by atoms with van der Waals surface area (Å²) in [6.07, 6.45) is 16.7. The number of unbranched alkanes of at least 4 members (excludes halogenated alkanes) is 2. The van der Waals surface area contributed by atoms with Crippen molar-refractivity contribution in [3.8, 4) is 0 Å². The van der Waals surface area contributed by atoms with Crippen molar-refractivity contribution < 1.29 is 0 Å². The van der Waals surface area contributed by atoms with Gasteiger partial charge in [0.1, 0.15) is 0 Å². The SMILES string of the molecule is Nc1cnc2c(c1)N(CCCCCn1ccnc1)CCN2CCNCCn1ccnc1. The molecule has 3 aromatic heterocycles. The Kier molecular flexibility index (Phi) is 7.38. The molecule has 4 rings (SSSR count). The highest BCUT2D eigenvalue weighted by Gasteiger charge is 2.23. The Morgan fingerprint density at radius 1 is 0.839 bits per heavy atom. The van der Waals surface area contributed by atoms with Gasteiger partial charge in [0.25, 0.3) is 0 Å². The predicted octanol–water partition coefficient (Wildman–Crippen LogP) is 1.84. The molecule has 3 N–H and O–H groups in total. The Labute approximate surface area is 183 Å². The van der Waals surface area contributed by atoms with Gasteiger partial charge in [0.05, 0.1) is 30.2 Å². The van der Waals surface area contributed by atoms with Gasteiger partial charge in [-0.25, -0.2) is 15.0 Å². The summed E-state index contributed by atoms with van der Waals surface area (Å²) in [6, 6.07) is 2.08. The molecule has 0 amide bonds. The maximum absolute atomic E-state index is 6.07. The van der Waals surface area contributed by atoms with Crippen molar-refractivity contribution >= 4 is 17.2 Å². The molecule has 9 heteroatoms. The Bertz CT molecular complexity index is 892. The highest BCUT2D eigenvalue weighted by molar-refractivity contribution is 5.72. The fourth-order valence-corrected chi connectivity index (χ4v) is 4.01. The highest BCUT2D eigenvalue weighted by Crippen LogP contribution is 2.32. The molecule has 1 aliphatic rings. The van der Waals surface area contributed by atoms with Crippen molar-refractivity contribution in [3.63, 3.8) is 0 Å². The summed E-state index contributed by atoms with van der Waals surface area (Å²) in [4.78, 5) is 17.7. The topological polar surface area (TPSA) is 93.1 Å². The molecule has 9 nitrogen and oxygen atoms in total. The number of nitrogen functional groups attached to an aromatic ring is 1. The van der Waals surface area contributed by atoms with Crippen LogP contribution in [0.1, 0.15) is 19.3 Å². The van der Waals surface area contributed by atoms with E-state index in [-0.39, 0.29) is 0 Å². The van der Waals surface area contributed by atoms with E-state index in [1.807, 2.05) is 37.4 Å². The van der Waals surface area contributed by atoms with E-state index in [4.69, 9.17) is 5.73 Å². The Morgan fingerprint density at radius 3 is 2.32 bits per heavy atom. The number of hydrogen-bond donors (Lipinski definition) is 2. The standard InChI is InChI=1S/C22H33N9/c23-20-16-21-22(27-17-20)31(13-7-24-4-10-29-12-6-26-19-29)15-14-30(21)9-3-1-2-8-28-11-5-25-18-28/h5-6,11-12,16-19,24H,1-4,7-10,13-15,23H2. The van der Waals surface area contributed by atoms with Crippen LogP contribution in [0.2, 0.25) is 0 Å². The van der Waals surface area contributed by atoms with Gasteiger partial charge in [-0.15, -0.1) is 0 Å². The molecular weight excluding hydrogens is 390 g/mol. The van der Waals surface area contributed by atoms with E-state index in [1.165, 1.54) is 24.9 Å². The largest absolute Gasteiger partial charge is 0.397 e. The van der Waals surface area contributed by atoms with Crippen LogP contribution in [0.25, 0.3) is 0 Å². The van der Waals surface area contributed by atoms with Gasteiger partial charge in [-0.1, -0.05) is 0 Å². The van der Waals surface area contributed by atoms with Gasteiger partial charge in [0.2, 0.25) is 0 Å². The van der Waals surface area contributed by atoms with Crippen molar-refractivity contribution in [2.24, 2.45) is 0 Å². The molecule has 31 heavy (non-hydrogen) atoms. The van der Waals surface area contributed by atoms with Crippen LogP contribution in [-0.4, -0.2) is 63.4 Å². The van der Waals surface area contributed by atoms with Crippen molar-refractivity contribution in [2.45, 2.75) is 32.4 Å². The summed E-state index contributed by atoms with van der Waals surface area (Å²) in [5.41, 5.74) is 7.96. The smallest absolute Gasteiger partial charge is 0.152 e. The maximum atomic E-state index is 6.07. The number of anilines is 3. The number of imidazole rings is 2. The van der Waals surface area contributed by atoms with Crippen LogP contribution >= 0.6 is 0 Å². The summed E-state index contributed by atoms with van der Waals surface area (Å²) < 4.78 is 4.23. The van der Waals surface area contributed by atoms with E-state index in [0.717, 1.165) is 63.9 Å². The van der Waals surface area contributed by atoms with Crippen LogP contribution in [-0.2, 0) is 13.1 Å². The summed E-state index contributed by atoms with van der Waals surface area (Å²) in [6.45, 7) is 7.79. The summed E-state index contributed by atoms with van der Waals surface area (Å²) in [5.74, 6) is 1.05. The minimum Gasteiger partial charge on any atom is -0.397 e. The fraction of sp³-hybridized carbons (Fsp3) is 0.500. The zero-order chi connectivity index (χ0) is 21.3. The number of rotatable bonds is 12. The van der Waals surface area contributed by atoms with Crippen LogP contribution in [0, 0.1) is 0 Å². The first kappa shape index (κ1) is 21.2. The molecule has 0 saturated carbocycles. The summed E-state index contributed by atoms with van der Waals surface area (Å²) in [7, 11) is 0. The van der Waals surface area contributed by atoms with Gasteiger partial charge in [-0.05, 0) is 25.3 Å². The third-order valence-corrected chi connectivity index (χ3v) is 5.72. The number of hydrogen-bond acceptors (Lipinski definition) is 7. The van der Waals surface area contributed by atoms with E-state index >= 15 is 0 Å². The second-order valence-corrected chi connectivity index (χ2v) is 8.00. The minimum absolute atomic E-state index is 0.726. The monoisotopic (exact) mass is 423 g/mol. The molecule has 0 unspecified atom stereocenters. The molecule has 0 fully saturated rings. The fourth-order valence-electron chi connectivity index (χ4n) is 4.01. The lowest BCUT2D eigenvalue weighted by Crippen LogP contribution is -2.44.